The van der Waals surface area contributed by atoms with Crippen LogP contribution >= 0.6 is 0 Å². The fraction of sp³-hybridized carbons (Fsp3) is 0.417. The molecular weight excluding hydrogens is 330 g/mol. The highest BCUT2D eigenvalue weighted by Crippen LogP contribution is 2.18. The maximum absolute atomic E-state index is 12.5. The molecule has 0 bridgehead atoms. The quantitative estimate of drug-likeness (QED) is 0.685. The van der Waals surface area contributed by atoms with E-state index in [0.717, 1.165) is 10.4 Å². The first-order valence-corrected chi connectivity index (χ1v) is 9.51. The maximum Gasteiger partial charge on any atom is 0.243 e. The van der Waals surface area contributed by atoms with Gasteiger partial charge in [0.05, 0.1) is 16.3 Å². The highest BCUT2D eigenvalue weighted by atomic mass is 32.2. The first-order valence-electron chi connectivity index (χ1n) is 6.52. The highest BCUT2D eigenvalue weighted by molar-refractivity contribution is 7.90. The van der Waals surface area contributed by atoms with Crippen molar-refractivity contribution in [2.45, 2.75) is 23.6 Å². The van der Waals surface area contributed by atoms with E-state index in [0.29, 0.717) is 6.54 Å². The third-order valence-electron chi connectivity index (χ3n) is 2.82. The number of hydrogen-bond acceptors (Lipinski definition) is 5. The van der Waals surface area contributed by atoms with Crippen LogP contribution in [-0.4, -0.2) is 46.7 Å². The van der Waals surface area contributed by atoms with E-state index in [-0.39, 0.29) is 22.9 Å². The standard InChI is InChI=1S/C12H19N3O5S2/c1-3-14-12(16)9-15(4-2)22(19,20)11-7-5-6-10(8-11)21(13,17)18/h5-8H,3-4,9H2,1-2H3,(H,14,16)(H2,13,17,18). The second-order valence-electron chi connectivity index (χ2n) is 4.40. The number of nitrogens with zero attached hydrogens (tertiary/aromatic N) is 1. The molecular formula is C12H19N3O5S2. The minimum absolute atomic E-state index is 0.0685. The molecule has 3 N–H and O–H groups in total. The predicted molar refractivity (Wildman–Crippen MR) is 80.9 cm³/mol. The van der Waals surface area contributed by atoms with Gasteiger partial charge in [0.1, 0.15) is 0 Å². The lowest BCUT2D eigenvalue weighted by atomic mass is 10.4. The summed E-state index contributed by atoms with van der Waals surface area (Å²) in [7, 11) is -8.01. The van der Waals surface area contributed by atoms with Crippen molar-refractivity contribution < 1.29 is 21.6 Å². The maximum atomic E-state index is 12.5. The van der Waals surface area contributed by atoms with Crippen molar-refractivity contribution in [2.24, 2.45) is 5.14 Å². The molecule has 0 radical (unpaired) electrons. The predicted octanol–water partition coefficient (Wildman–Crippen LogP) is -0.519. The van der Waals surface area contributed by atoms with Crippen LogP contribution in [0, 0.1) is 0 Å². The van der Waals surface area contributed by atoms with Gasteiger partial charge < -0.3 is 5.32 Å². The third-order valence-corrected chi connectivity index (χ3v) is 5.65. The number of carbonyl (C=O) groups is 1. The molecule has 22 heavy (non-hydrogen) atoms. The molecule has 0 unspecified atom stereocenters. The molecule has 0 aliphatic rings. The fourth-order valence-electron chi connectivity index (χ4n) is 1.74. The van der Waals surface area contributed by atoms with Crippen LogP contribution in [0.25, 0.3) is 0 Å². The number of nitrogens with two attached hydrogens (primary N) is 1. The molecule has 0 fully saturated rings. The van der Waals surface area contributed by atoms with Gasteiger partial charge in [0, 0.05) is 13.1 Å². The zero-order valence-corrected chi connectivity index (χ0v) is 13.9. The third kappa shape index (κ3) is 4.50. The van der Waals surface area contributed by atoms with Crippen molar-refractivity contribution in [3.63, 3.8) is 0 Å². The molecule has 0 spiro atoms. The average Bonchev–Trinajstić information content (AvgIpc) is 2.44. The van der Waals surface area contributed by atoms with Gasteiger partial charge in [-0.05, 0) is 25.1 Å². The van der Waals surface area contributed by atoms with Crippen LogP contribution in [0.1, 0.15) is 13.8 Å². The Bertz CT molecular complexity index is 744. The van der Waals surface area contributed by atoms with Gasteiger partial charge in [-0.25, -0.2) is 22.0 Å². The van der Waals surface area contributed by atoms with Crippen LogP contribution in [0.3, 0.4) is 0 Å². The van der Waals surface area contributed by atoms with Gasteiger partial charge in [0.25, 0.3) is 0 Å². The second kappa shape index (κ2) is 7.18. The Balaban J connectivity index is 3.19. The molecule has 0 aliphatic carbocycles. The number of benzene rings is 1. The Labute approximate surface area is 130 Å². The number of sulfonamides is 2. The second-order valence-corrected chi connectivity index (χ2v) is 7.90. The number of carbonyl (C=O) groups excluding carboxylic acids is 1. The Hall–Kier alpha value is -1.49. The van der Waals surface area contributed by atoms with E-state index >= 15 is 0 Å². The van der Waals surface area contributed by atoms with Crippen LogP contribution < -0.4 is 10.5 Å². The summed E-state index contributed by atoms with van der Waals surface area (Å²) in [4.78, 5) is 11.0. The van der Waals surface area contributed by atoms with E-state index < -0.39 is 26.0 Å². The number of hydrogen-bond donors (Lipinski definition) is 2. The van der Waals surface area contributed by atoms with Crippen molar-refractivity contribution in [1.82, 2.24) is 9.62 Å². The minimum Gasteiger partial charge on any atom is -0.355 e. The van der Waals surface area contributed by atoms with E-state index in [9.17, 15) is 21.6 Å². The topological polar surface area (TPSA) is 127 Å². The zero-order chi connectivity index (χ0) is 17.0. The smallest absolute Gasteiger partial charge is 0.243 e. The average molecular weight is 349 g/mol. The van der Waals surface area contributed by atoms with Crippen molar-refractivity contribution in [3.05, 3.63) is 24.3 Å². The molecule has 0 aliphatic heterocycles. The fourth-order valence-corrected chi connectivity index (χ4v) is 3.83. The van der Waals surface area contributed by atoms with Gasteiger partial charge >= 0.3 is 0 Å². The Morgan fingerprint density at radius 2 is 1.77 bits per heavy atom. The molecule has 1 aromatic carbocycles. The number of rotatable bonds is 7. The highest BCUT2D eigenvalue weighted by Gasteiger charge is 2.26. The SMILES string of the molecule is CCNC(=O)CN(CC)S(=O)(=O)c1cccc(S(N)(=O)=O)c1. The molecule has 0 aromatic heterocycles. The summed E-state index contributed by atoms with van der Waals surface area (Å²) in [6.45, 7) is 3.42. The molecule has 8 nitrogen and oxygen atoms in total. The zero-order valence-electron chi connectivity index (χ0n) is 12.3. The van der Waals surface area contributed by atoms with Crippen LogP contribution in [0.15, 0.2) is 34.1 Å². The Morgan fingerprint density at radius 1 is 1.18 bits per heavy atom. The van der Waals surface area contributed by atoms with Gasteiger partial charge in [0.2, 0.25) is 26.0 Å². The summed E-state index contributed by atoms with van der Waals surface area (Å²) in [5.74, 6) is -0.435. The Kier molecular flexibility index (Phi) is 6.06. The lowest BCUT2D eigenvalue weighted by Gasteiger charge is -2.20. The Morgan fingerprint density at radius 3 is 2.27 bits per heavy atom. The molecule has 1 aromatic rings. The summed E-state index contributed by atoms with van der Waals surface area (Å²) < 4.78 is 48.6. The number of amides is 1. The lowest BCUT2D eigenvalue weighted by Crippen LogP contribution is -2.40. The first kappa shape index (κ1) is 18.6. The van der Waals surface area contributed by atoms with E-state index in [1.165, 1.54) is 18.2 Å². The minimum atomic E-state index is -4.01. The number of primary sulfonamides is 1. The van der Waals surface area contributed by atoms with Crippen LogP contribution in [0.2, 0.25) is 0 Å². The van der Waals surface area contributed by atoms with Crippen molar-refractivity contribution in [2.75, 3.05) is 19.6 Å². The van der Waals surface area contributed by atoms with Crippen LogP contribution in [0.5, 0.6) is 0 Å². The van der Waals surface area contributed by atoms with Crippen LogP contribution in [0.4, 0.5) is 0 Å². The van der Waals surface area contributed by atoms with Gasteiger partial charge in [-0.1, -0.05) is 13.0 Å². The summed E-state index contributed by atoms with van der Waals surface area (Å²) in [6, 6.07) is 4.72. The molecule has 1 amide bonds. The first-order chi connectivity index (χ1) is 10.1. The van der Waals surface area contributed by atoms with Gasteiger partial charge in [0.15, 0.2) is 0 Å². The molecule has 1 rings (SSSR count). The largest absolute Gasteiger partial charge is 0.355 e. The van der Waals surface area contributed by atoms with Gasteiger partial charge in [-0.3, -0.25) is 4.79 Å². The van der Waals surface area contributed by atoms with Gasteiger partial charge in [-0.15, -0.1) is 0 Å². The van der Waals surface area contributed by atoms with Crippen molar-refractivity contribution >= 4 is 26.0 Å². The monoisotopic (exact) mass is 349 g/mol. The lowest BCUT2D eigenvalue weighted by molar-refractivity contribution is -0.121. The van der Waals surface area contributed by atoms with Gasteiger partial charge in [-0.2, -0.15) is 4.31 Å². The molecule has 0 heterocycles. The van der Waals surface area contributed by atoms with Crippen molar-refractivity contribution in [3.8, 4) is 0 Å². The van der Waals surface area contributed by atoms with E-state index in [4.69, 9.17) is 5.14 Å². The van der Waals surface area contributed by atoms with E-state index in [1.54, 1.807) is 13.8 Å². The molecule has 0 saturated heterocycles. The van der Waals surface area contributed by atoms with Crippen molar-refractivity contribution in [1.29, 1.82) is 0 Å². The van der Waals surface area contributed by atoms with Crippen LogP contribution in [-0.2, 0) is 24.8 Å². The molecule has 0 atom stereocenters. The normalized spacial score (nSPS) is 12.4. The summed E-state index contributed by atoms with van der Waals surface area (Å²) >= 11 is 0. The summed E-state index contributed by atoms with van der Waals surface area (Å²) in [5.41, 5.74) is 0. The molecule has 0 saturated carbocycles. The number of nitrogens with one attached hydrogen (secondary N) is 1. The number of likely N-dealkylation sites (N-methyl/N-ethyl adjacent to an activating group) is 2. The van der Waals surface area contributed by atoms with E-state index in [1.807, 2.05) is 0 Å². The molecule has 124 valence electrons. The molecule has 10 heteroatoms. The summed E-state index contributed by atoms with van der Waals surface area (Å²) in [6.07, 6.45) is 0. The summed E-state index contributed by atoms with van der Waals surface area (Å²) in [5, 5.41) is 7.51. The van der Waals surface area contributed by atoms with E-state index in [2.05, 4.69) is 5.32 Å².